The Hall–Kier alpha value is 0.670. The van der Waals surface area contributed by atoms with Crippen molar-refractivity contribution in [1.82, 2.24) is 0 Å². The van der Waals surface area contributed by atoms with E-state index in [1.54, 1.807) is 6.08 Å². The largest absolute Gasteiger partial charge is 0.102 e. The molecule has 0 aromatic heterocycles. The fourth-order valence-electron chi connectivity index (χ4n) is 0.295. The van der Waals surface area contributed by atoms with Gasteiger partial charge in [0, 0.05) is 5.75 Å². The fourth-order valence-corrected chi connectivity index (χ4v) is 0.679. The molecule has 0 unspecified atom stereocenters. The number of rotatable bonds is 3. The Labute approximate surface area is 65.3 Å². The van der Waals surface area contributed by atoms with Gasteiger partial charge in [-0.15, -0.1) is 0 Å². The van der Waals surface area contributed by atoms with E-state index in [1.807, 2.05) is 0 Å². The summed E-state index contributed by atoms with van der Waals surface area (Å²) in [5.74, 6) is 0.775. The Morgan fingerprint density at radius 3 is 2.50 bits per heavy atom. The van der Waals surface area contributed by atoms with Crippen LogP contribution in [0.15, 0.2) is 10.6 Å². The van der Waals surface area contributed by atoms with Gasteiger partial charge in [-0.3, -0.25) is 0 Å². The maximum Gasteiger partial charge on any atom is 0.102 e. The summed E-state index contributed by atoms with van der Waals surface area (Å²) in [7, 11) is 0. The predicted octanol–water partition coefficient (Wildman–Crippen LogP) is 3.28. The Morgan fingerprint density at radius 1 is 1.50 bits per heavy atom. The molecule has 0 bridgehead atoms. The first kappa shape index (κ1) is 8.67. The lowest BCUT2D eigenvalue weighted by Gasteiger charge is -1.85. The zero-order valence-corrected chi connectivity index (χ0v) is 6.69. The molecule has 0 rings (SSSR count). The molecule has 0 aliphatic carbocycles. The van der Waals surface area contributed by atoms with Crippen molar-refractivity contribution in [2.75, 3.05) is 5.75 Å². The van der Waals surface area contributed by atoms with Gasteiger partial charge in [0.2, 0.25) is 0 Å². The van der Waals surface area contributed by atoms with E-state index >= 15 is 0 Å². The van der Waals surface area contributed by atoms with Gasteiger partial charge in [0.15, 0.2) is 0 Å². The van der Waals surface area contributed by atoms with Gasteiger partial charge in [0.1, 0.15) is 4.49 Å². The molecule has 3 heteroatoms. The van der Waals surface area contributed by atoms with Crippen LogP contribution in [0.5, 0.6) is 0 Å². The van der Waals surface area contributed by atoms with Crippen LogP contribution in [0, 0.1) is 0 Å². The summed E-state index contributed by atoms with van der Waals surface area (Å²) in [6.45, 7) is 0. The number of allylic oxidation sites excluding steroid dienone is 1. The van der Waals surface area contributed by atoms with E-state index in [4.69, 9.17) is 23.2 Å². The van der Waals surface area contributed by atoms with E-state index < -0.39 is 0 Å². The molecule has 8 heavy (non-hydrogen) atoms. The summed E-state index contributed by atoms with van der Waals surface area (Å²) in [6.07, 6.45) is 3.64. The molecule has 0 amide bonds. The van der Waals surface area contributed by atoms with Crippen LogP contribution >= 0.6 is 35.8 Å². The van der Waals surface area contributed by atoms with Crippen LogP contribution in [0.3, 0.4) is 0 Å². The smallest absolute Gasteiger partial charge is 0.0941 e. The van der Waals surface area contributed by atoms with Gasteiger partial charge >= 0.3 is 0 Å². The van der Waals surface area contributed by atoms with Crippen LogP contribution in [0.25, 0.3) is 0 Å². The van der Waals surface area contributed by atoms with E-state index in [9.17, 15) is 0 Å². The van der Waals surface area contributed by atoms with Crippen LogP contribution in [0.2, 0.25) is 0 Å². The topological polar surface area (TPSA) is 0 Å². The molecule has 0 spiro atoms. The summed E-state index contributed by atoms with van der Waals surface area (Å²) in [5.41, 5.74) is 0. The van der Waals surface area contributed by atoms with Crippen molar-refractivity contribution in [3.8, 4) is 0 Å². The van der Waals surface area contributed by atoms with Crippen molar-refractivity contribution in [2.45, 2.75) is 12.8 Å². The monoisotopic (exact) mass is 169 g/mol. The van der Waals surface area contributed by atoms with E-state index in [0.717, 1.165) is 18.6 Å². The quantitative estimate of drug-likeness (QED) is 0.570. The number of halogens is 2. The molecule has 0 fully saturated rings. The summed E-state index contributed by atoms with van der Waals surface area (Å²) in [4.78, 5) is 0. The van der Waals surface area contributed by atoms with Crippen LogP contribution in [0.1, 0.15) is 12.8 Å². The number of unbranched alkanes of at least 4 members (excludes halogenated alkanes) is 1. The van der Waals surface area contributed by atoms with E-state index in [1.165, 1.54) is 0 Å². The molecule has 0 heterocycles. The van der Waals surface area contributed by atoms with Crippen LogP contribution in [0.4, 0.5) is 0 Å². The van der Waals surface area contributed by atoms with Crippen LogP contribution in [-0.4, -0.2) is 5.75 Å². The Morgan fingerprint density at radius 2 is 2.12 bits per heavy atom. The molecular weight excluding hydrogens is 163 g/mol. The minimum atomic E-state index is 0.341. The molecule has 0 aromatic carbocycles. The van der Waals surface area contributed by atoms with Crippen LogP contribution < -0.4 is 0 Å². The molecule has 0 aliphatic heterocycles. The Kier molecular flexibility index (Phi) is 6.29. The third-order valence-corrected chi connectivity index (χ3v) is 1.24. The van der Waals surface area contributed by atoms with Crippen molar-refractivity contribution in [2.24, 2.45) is 0 Å². The Balaban J connectivity index is 3.03. The second-order valence-electron chi connectivity index (χ2n) is 1.34. The molecule has 0 atom stereocenters. The van der Waals surface area contributed by atoms with E-state index in [0.29, 0.717) is 4.49 Å². The second-order valence-corrected chi connectivity index (χ2v) is 2.76. The third-order valence-electron chi connectivity index (χ3n) is 0.647. The van der Waals surface area contributed by atoms with Crippen molar-refractivity contribution >= 4 is 35.8 Å². The molecule has 0 saturated heterocycles. The maximum absolute atomic E-state index is 5.31. The molecule has 0 nitrogen and oxygen atoms in total. The summed E-state index contributed by atoms with van der Waals surface area (Å²) in [5, 5.41) is 0. The molecular formula is C5H7Cl2S. The van der Waals surface area contributed by atoms with Gasteiger partial charge in [0.05, 0.1) is 0 Å². The lowest BCUT2D eigenvalue weighted by atomic mass is 10.3. The SMILES string of the molecule is [S]CCCC=C(Cl)Cl. The van der Waals surface area contributed by atoms with Gasteiger partial charge in [-0.25, -0.2) is 0 Å². The maximum atomic E-state index is 5.31. The van der Waals surface area contributed by atoms with Gasteiger partial charge in [0.25, 0.3) is 0 Å². The summed E-state index contributed by atoms with van der Waals surface area (Å²) < 4.78 is 0.341. The van der Waals surface area contributed by atoms with Gasteiger partial charge < -0.3 is 0 Å². The number of hydrogen-bond donors (Lipinski definition) is 0. The van der Waals surface area contributed by atoms with Crippen LogP contribution in [-0.2, 0) is 0 Å². The first-order chi connectivity index (χ1) is 3.77. The zero-order valence-electron chi connectivity index (χ0n) is 4.36. The van der Waals surface area contributed by atoms with Crippen molar-refractivity contribution in [3.63, 3.8) is 0 Å². The van der Waals surface area contributed by atoms with Crippen molar-refractivity contribution in [1.29, 1.82) is 0 Å². The average molecular weight is 170 g/mol. The van der Waals surface area contributed by atoms with E-state index in [2.05, 4.69) is 12.6 Å². The van der Waals surface area contributed by atoms with Gasteiger partial charge in [-0.05, 0) is 12.8 Å². The average Bonchev–Trinajstić information content (AvgIpc) is 1.66. The molecule has 0 aliphatic rings. The molecule has 0 saturated carbocycles. The minimum absolute atomic E-state index is 0.341. The minimum Gasteiger partial charge on any atom is -0.0941 e. The Bertz CT molecular complexity index is 76.5. The normalized spacial score (nSPS) is 8.88. The summed E-state index contributed by atoms with van der Waals surface area (Å²) in [6, 6.07) is 0. The first-order valence-corrected chi connectivity index (χ1v) is 3.70. The highest BCUT2D eigenvalue weighted by Crippen LogP contribution is 2.08. The number of hydrogen-bond acceptors (Lipinski definition) is 0. The molecule has 1 radical (unpaired) electrons. The molecule has 0 aromatic rings. The molecule has 0 N–H and O–H groups in total. The van der Waals surface area contributed by atoms with Crippen molar-refractivity contribution < 1.29 is 0 Å². The molecule has 47 valence electrons. The van der Waals surface area contributed by atoms with Gasteiger partial charge in [-0.1, -0.05) is 41.9 Å². The highest BCUT2D eigenvalue weighted by Gasteiger charge is 1.82. The lowest BCUT2D eigenvalue weighted by Crippen LogP contribution is -1.70. The third kappa shape index (κ3) is 6.67. The lowest BCUT2D eigenvalue weighted by molar-refractivity contribution is 0.975. The fraction of sp³-hybridized carbons (Fsp3) is 0.600. The second kappa shape index (κ2) is 5.80. The van der Waals surface area contributed by atoms with E-state index in [-0.39, 0.29) is 0 Å². The van der Waals surface area contributed by atoms with Crippen molar-refractivity contribution in [3.05, 3.63) is 10.6 Å². The van der Waals surface area contributed by atoms with Gasteiger partial charge in [-0.2, -0.15) is 0 Å². The highest BCUT2D eigenvalue weighted by molar-refractivity contribution is 7.80. The standard InChI is InChI=1S/C5H7Cl2S/c6-5(7)3-1-2-4-8/h3H,1-2,4H2. The predicted molar refractivity (Wildman–Crippen MR) is 41.5 cm³/mol. The zero-order chi connectivity index (χ0) is 6.41. The highest BCUT2D eigenvalue weighted by atomic mass is 35.5. The first-order valence-electron chi connectivity index (χ1n) is 2.36. The summed E-state index contributed by atoms with van der Waals surface area (Å²) >= 11 is 15.3.